The number of aryl methyl sites for hydroxylation is 1. The van der Waals surface area contributed by atoms with E-state index in [1.165, 1.54) is 6.07 Å². The molecular formula is C14H15N3O3. The summed E-state index contributed by atoms with van der Waals surface area (Å²) in [6, 6.07) is 5.23. The Morgan fingerprint density at radius 1 is 1.45 bits per heavy atom. The Balaban J connectivity index is 2.01. The lowest BCUT2D eigenvalue weighted by Gasteiger charge is -2.08. The number of carboxylic acid groups (broad SMARTS) is 1. The third kappa shape index (κ3) is 2.24. The summed E-state index contributed by atoms with van der Waals surface area (Å²) >= 11 is 0. The number of hydrogen-bond donors (Lipinski definition) is 2. The van der Waals surface area contributed by atoms with Crippen molar-refractivity contribution in [3.8, 4) is 0 Å². The van der Waals surface area contributed by atoms with Crippen molar-refractivity contribution in [1.82, 2.24) is 14.9 Å². The quantitative estimate of drug-likeness (QED) is 0.880. The van der Waals surface area contributed by atoms with Crippen molar-refractivity contribution >= 4 is 22.9 Å². The number of imidazole rings is 1. The van der Waals surface area contributed by atoms with Crippen LogP contribution in [-0.2, 0) is 11.3 Å². The summed E-state index contributed by atoms with van der Waals surface area (Å²) in [5, 5.41) is 12.2. The summed E-state index contributed by atoms with van der Waals surface area (Å²) in [6.07, 6.45) is 2.05. The molecule has 0 saturated heterocycles. The minimum absolute atomic E-state index is 0.100. The first-order valence-electron chi connectivity index (χ1n) is 6.55. The Morgan fingerprint density at radius 3 is 2.85 bits per heavy atom. The number of carboxylic acids is 1. The second kappa shape index (κ2) is 4.63. The number of aromatic carboxylic acids is 1. The lowest BCUT2D eigenvalue weighted by atomic mass is 10.2. The third-order valence-electron chi connectivity index (χ3n) is 3.43. The fraction of sp³-hybridized carbons (Fsp3) is 0.357. The highest BCUT2D eigenvalue weighted by Gasteiger charge is 2.24. The van der Waals surface area contributed by atoms with Gasteiger partial charge in [-0.3, -0.25) is 4.79 Å². The lowest BCUT2D eigenvalue weighted by molar-refractivity contribution is -0.121. The summed E-state index contributed by atoms with van der Waals surface area (Å²) in [7, 11) is 0. The average Bonchev–Trinajstić information content (AvgIpc) is 3.14. The second-order valence-electron chi connectivity index (χ2n) is 5.07. The molecule has 104 valence electrons. The molecular weight excluding hydrogens is 258 g/mol. The van der Waals surface area contributed by atoms with Gasteiger partial charge in [0.05, 0.1) is 16.6 Å². The highest BCUT2D eigenvalue weighted by Crippen LogP contribution is 2.22. The molecule has 1 aromatic carbocycles. The average molecular weight is 273 g/mol. The van der Waals surface area contributed by atoms with Gasteiger partial charge >= 0.3 is 5.97 Å². The van der Waals surface area contributed by atoms with Crippen molar-refractivity contribution in [2.45, 2.75) is 32.4 Å². The second-order valence-corrected chi connectivity index (χ2v) is 5.07. The largest absolute Gasteiger partial charge is 0.478 e. The van der Waals surface area contributed by atoms with Crippen LogP contribution in [0.1, 0.15) is 29.0 Å². The molecule has 0 bridgehead atoms. The Kier molecular flexibility index (Phi) is 2.93. The SMILES string of the molecule is Cc1nc2cccc(C(=O)O)c2n1CC(=O)NC1CC1. The molecule has 6 nitrogen and oxygen atoms in total. The third-order valence-corrected chi connectivity index (χ3v) is 3.43. The maximum Gasteiger partial charge on any atom is 0.337 e. The number of nitrogens with zero attached hydrogens (tertiary/aromatic N) is 2. The van der Waals surface area contributed by atoms with E-state index in [-0.39, 0.29) is 24.1 Å². The Bertz CT molecular complexity index is 701. The summed E-state index contributed by atoms with van der Waals surface area (Å²) in [5.41, 5.74) is 1.27. The summed E-state index contributed by atoms with van der Waals surface area (Å²) in [5.74, 6) is -0.478. The van der Waals surface area contributed by atoms with Crippen molar-refractivity contribution < 1.29 is 14.7 Å². The number of fused-ring (bicyclic) bond motifs is 1. The van der Waals surface area contributed by atoms with E-state index in [4.69, 9.17) is 0 Å². The van der Waals surface area contributed by atoms with E-state index in [1.54, 1.807) is 23.6 Å². The van der Waals surface area contributed by atoms with E-state index >= 15 is 0 Å². The fourth-order valence-corrected chi connectivity index (χ4v) is 2.31. The van der Waals surface area contributed by atoms with Gasteiger partial charge < -0.3 is 15.0 Å². The van der Waals surface area contributed by atoms with Gasteiger partial charge in [-0.05, 0) is 31.9 Å². The molecule has 0 atom stereocenters. The molecule has 3 rings (SSSR count). The van der Waals surface area contributed by atoms with Crippen LogP contribution >= 0.6 is 0 Å². The molecule has 1 aliphatic carbocycles. The topological polar surface area (TPSA) is 84.2 Å². The van der Waals surface area contributed by atoms with Gasteiger partial charge in [-0.1, -0.05) is 6.07 Å². The molecule has 1 fully saturated rings. The number of hydrogen-bond acceptors (Lipinski definition) is 3. The van der Waals surface area contributed by atoms with Crippen LogP contribution in [-0.4, -0.2) is 32.6 Å². The number of benzene rings is 1. The van der Waals surface area contributed by atoms with E-state index in [1.807, 2.05) is 0 Å². The van der Waals surface area contributed by atoms with Crippen LogP contribution in [0.4, 0.5) is 0 Å². The number of para-hydroxylation sites is 1. The van der Waals surface area contributed by atoms with Gasteiger partial charge in [-0.15, -0.1) is 0 Å². The van der Waals surface area contributed by atoms with Gasteiger partial charge in [-0.25, -0.2) is 9.78 Å². The molecule has 20 heavy (non-hydrogen) atoms. The van der Waals surface area contributed by atoms with Gasteiger partial charge in [0.2, 0.25) is 5.91 Å². The van der Waals surface area contributed by atoms with Crippen LogP contribution < -0.4 is 5.32 Å². The van der Waals surface area contributed by atoms with E-state index in [2.05, 4.69) is 10.3 Å². The number of amides is 1. The summed E-state index contributed by atoms with van der Waals surface area (Å²) in [4.78, 5) is 27.6. The molecule has 0 spiro atoms. The summed E-state index contributed by atoms with van der Waals surface area (Å²) < 4.78 is 1.66. The molecule has 1 aliphatic rings. The minimum atomic E-state index is -1.01. The van der Waals surface area contributed by atoms with Crippen LogP contribution in [0.3, 0.4) is 0 Å². The maximum atomic E-state index is 11.9. The van der Waals surface area contributed by atoms with Crippen LogP contribution in [0.25, 0.3) is 11.0 Å². The number of carbonyl (C=O) groups excluding carboxylic acids is 1. The van der Waals surface area contributed by atoms with E-state index in [9.17, 15) is 14.7 Å². The fourth-order valence-electron chi connectivity index (χ4n) is 2.31. The van der Waals surface area contributed by atoms with Crippen molar-refractivity contribution in [3.05, 3.63) is 29.6 Å². The first-order valence-corrected chi connectivity index (χ1v) is 6.55. The molecule has 2 N–H and O–H groups in total. The van der Waals surface area contributed by atoms with Crippen LogP contribution in [0, 0.1) is 6.92 Å². The number of aromatic nitrogens is 2. The molecule has 0 radical (unpaired) electrons. The predicted octanol–water partition coefficient (Wildman–Crippen LogP) is 1.32. The number of carbonyl (C=O) groups is 2. The summed E-state index contributed by atoms with van der Waals surface area (Å²) in [6.45, 7) is 1.87. The first kappa shape index (κ1) is 12.7. The van der Waals surface area contributed by atoms with Crippen molar-refractivity contribution in [2.75, 3.05) is 0 Å². The number of nitrogens with one attached hydrogen (secondary N) is 1. The van der Waals surface area contributed by atoms with E-state index in [0.29, 0.717) is 16.9 Å². The van der Waals surface area contributed by atoms with Crippen molar-refractivity contribution in [3.63, 3.8) is 0 Å². The predicted molar refractivity (Wildman–Crippen MR) is 72.6 cm³/mol. The standard InChI is InChI=1S/C14H15N3O3/c1-8-15-11-4-2-3-10(14(19)20)13(11)17(8)7-12(18)16-9-5-6-9/h2-4,9H,5-7H2,1H3,(H,16,18)(H,19,20). The van der Waals surface area contributed by atoms with Gasteiger partial charge in [0.15, 0.2) is 0 Å². The molecule has 6 heteroatoms. The molecule has 2 aromatic rings. The lowest BCUT2D eigenvalue weighted by Crippen LogP contribution is -2.29. The van der Waals surface area contributed by atoms with Gasteiger partial charge in [-0.2, -0.15) is 0 Å². The zero-order chi connectivity index (χ0) is 14.3. The highest BCUT2D eigenvalue weighted by atomic mass is 16.4. The maximum absolute atomic E-state index is 11.9. The molecule has 1 heterocycles. The van der Waals surface area contributed by atoms with Gasteiger partial charge in [0.25, 0.3) is 0 Å². The highest BCUT2D eigenvalue weighted by molar-refractivity contribution is 6.01. The van der Waals surface area contributed by atoms with Crippen LogP contribution in [0.2, 0.25) is 0 Å². The zero-order valence-corrected chi connectivity index (χ0v) is 11.1. The molecule has 1 amide bonds. The van der Waals surface area contributed by atoms with E-state index < -0.39 is 5.97 Å². The van der Waals surface area contributed by atoms with Crippen molar-refractivity contribution in [2.24, 2.45) is 0 Å². The molecule has 0 unspecified atom stereocenters. The zero-order valence-electron chi connectivity index (χ0n) is 11.1. The van der Waals surface area contributed by atoms with Gasteiger partial charge in [0, 0.05) is 6.04 Å². The smallest absolute Gasteiger partial charge is 0.337 e. The van der Waals surface area contributed by atoms with Crippen molar-refractivity contribution in [1.29, 1.82) is 0 Å². The van der Waals surface area contributed by atoms with Gasteiger partial charge in [0.1, 0.15) is 12.4 Å². The molecule has 0 aliphatic heterocycles. The Morgan fingerprint density at radius 2 is 2.20 bits per heavy atom. The minimum Gasteiger partial charge on any atom is -0.478 e. The van der Waals surface area contributed by atoms with E-state index in [0.717, 1.165) is 12.8 Å². The van der Waals surface area contributed by atoms with Crippen LogP contribution in [0.15, 0.2) is 18.2 Å². The normalized spacial score (nSPS) is 14.4. The Labute approximate surface area is 115 Å². The number of rotatable bonds is 4. The van der Waals surface area contributed by atoms with Crippen LogP contribution in [0.5, 0.6) is 0 Å². The molecule has 1 saturated carbocycles. The monoisotopic (exact) mass is 273 g/mol. The first-order chi connectivity index (χ1) is 9.56. The molecule has 1 aromatic heterocycles. The Hall–Kier alpha value is -2.37.